The van der Waals surface area contributed by atoms with Crippen LogP contribution in [0.5, 0.6) is 5.75 Å². The fourth-order valence-electron chi connectivity index (χ4n) is 3.72. The van der Waals surface area contributed by atoms with Crippen LogP contribution in [0, 0.1) is 4.78 Å². The van der Waals surface area contributed by atoms with Crippen LogP contribution in [0.25, 0.3) is 0 Å². The maximum atomic E-state index is 12.0. The van der Waals surface area contributed by atoms with E-state index in [-0.39, 0.29) is 0 Å². The van der Waals surface area contributed by atoms with Gasteiger partial charge in [0.25, 0.3) is 0 Å². The van der Waals surface area contributed by atoms with E-state index in [0.29, 0.717) is 4.90 Å². The first-order valence-electron chi connectivity index (χ1n) is 8.81. The highest BCUT2D eigenvalue weighted by atomic mass is 32.2. The second kappa shape index (κ2) is 6.46. The summed E-state index contributed by atoms with van der Waals surface area (Å²) in [7, 11) is -2.64. The third kappa shape index (κ3) is 3.58. The molecular weight excluding hydrogens is 332 g/mol. The predicted octanol–water partition coefficient (Wildman–Crippen LogP) is 3.26. The van der Waals surface area contributed by atoms with E-state index in [1.807, 2.05) is 12.1 Å². The Morgan fingerprint density at radius 1 is 1.04 bits per heavy atom. The van der Waals surface area contributed by atoms with Crippen LogP contribution in [0.1, 0.15) is 22.3 Å². The molecule has 1 atom stereocenters. The summed E-state index contributed by atoms with van der Waals surface area (Å²) < 4.78 is 25.5. The van der Waals surface area contributed by atoms with Gasteiger partial charge in [-0.1, -0.05) is 18.2 Å². The van der Waals surface area contributed by atoms with E-state index in [0.717, 1.165) is 51.3 Å². The fourth-order valence-corrected chi connectivity index (χ4v) is 4.41. The van der Waals surface area contributed by atoms with Crippen LogP contribution in [-0.2, 0) is 35.5 Å². The average molecular weight is 356 g/mol. The first kappa shape index (κ1) is 16.6. The van der Waals surface area contributed by atoms with Gasteiger partial charge in [-0.25, -0.2) is 8.99 Å². The van der Waals surface area contributed by atoms with Crippen molar-refractivity contribution in [2.24, 2.45) is 0 Å². The van der Waals surface area contributed by atoms with E-state index >= 15 is 0 Å². The van der Waals surface area contributed by atoms with E-state index in [1.54, 1.807) is 0 Å². The molecule has 132 valence electrons. The van der Waals surface area contributed by atoms with Gasteiger partial charge in [-0.15, -0.1) is 0 Å². The molecule has 0 fully saturated rings. The quantitative estimate of drug-likeness (QED) is 0.918. The molecule has 4 rings (SSSR count). The highest BCUT2D eigenvalue weighted by Crippen LogP contribution is 2.27. The first-order valence-corrected chi connectivity index (χ1v) is 10.8. The SMILES string of the molecule is CS(=N)(=O)c1ccc2c(c1)CCN(Cc1ccc3c(c1)OCC3)CC2. The molecular formula is C20H24N2O2S. The van der Waals surface area contributed by atoms with Gasteiger partial charge in [0.2, 0.25) is 0 Å². The van der Waals surface area contributed by atoms with E-state index in [9.17, 15) is 4.21 Å². The zero-order chi connectivity index (χ0) is 17.4. The van der Waals surface area contributed by atoms with Crippen LogP contribution >= 0.6 is 0 Å². The van der Waals surface area contributed by atoms with Crippen LogP contribution in [-0.4, -0.2) is 35.1 Å². The third-order valence-corrected chi connectivity index (χ3v) is 6.34. The molecule has 0 aliphatic carbocycles. The Hall–Kier alpha value is -1.85. The number of fused-ring (bicyclic) bond motifs is 2. The van der Waals surface area contributed by atoms with Crippen molar-refractivity contribution in [3.05, 3.63) is 58.7 Å². The average Bonchev–Trinajstić information content (AvgIpc) is 2.95. The normalized spacial score (nSPS) is 19.4. The minimum atomic E-state index is -2.64. The molecule has 0 radical (unpaired) electrons. The summed E-state index contributed by atoms with van der Waals surface area (Å²) in [5, 5.41) is 0. The van der Waals surface area contributed by atoms with Crippen LogP contribution in [0.3, 0.4) is 0 Å². The number of nitrogens with zero attached hydrogens (tertiary/aromatic N) is 1. The lowest BCUT2D eigenvalue weighted by Gasteiger charge is -2.20. The molecule has 1 unspecified atom stereocenters. The zero-order valence-electron chi connectivity index (χ0n) is 14.6. The van der Waals surface area contributed by atoms with Gasteiger partial charge < -0.3 is 4.74 Å². The molecule has 2 aromatic carbocycles. The van der Waals surface area contributed by atoms with Crippen molar-refractivity contribution in [2.75, 3.05) is 26.0 Å². The van der Waals surface area contributed by atoms with Gasteiger partial charge in [-0.05, 0) is 53.3 Å². The zero-order valence-corrected chi connectivity index (χ0v) is 15.4. The standard InChI is InChI=1S/C20H24N2O2S/c1-25(21,23)19-5-4-16-6-9-22(10-7-18(16)13-19)14-15-2-3-17-8-11-24-20(17)12-15/h2-5,12-13,21H,6-11,14H2,1H3. The van der Waals surface area contributed by atoms with Crippen molar-refractivity contribution < 1.29 is 8.95 Å². The number of benzene rings is 2. The summed E-state index contributed by atoms with van der Waals surface area (Å²) in [5.41, 5.74) is 5.19. The summed E-state index contributed by atoms with van der Waals surface area (Å²) in [5.74, 6) is 1.05. The van der Waals surface area contributed by atoms with Gasteiger partial charge in [0.1, 0.15) is 5.75 Å². The molecule has 0 amide bonds. The fraction of sp³-hybridized carbons (Fsp3) is 0.400. The van der Waals surface area contributed by atoms with Crippen LogP contribution < -0.4 is 4.74 Å². The summed E-state index contributed by atoms with van der Waals surface area (Å²) in [4.78, 5) is 3.12. The van der Waals surface area contributed by atoms with Crippen molar-refractivity contribution >= 4 is 9.73 Å². The highest BCUT2D eigenvalue weighted by molar-refractivity contribution is 7.91. The number of nitrogens with one attached hydrogen (secondary N) is 1. The molecule has 4 nitrogen and oxygen atoms in total. The molecule has 2 aliphatic heterocycles. The van der Waals surface area contributed by atoms with E-state index in [4.69, 9.17) is 9.52 Å². The molecule has 0 bridgehead atoms. The second-order valence-electron chi connectivity index (χ2n) is 7.09. The summed E-state index contributed by atoms with van der Waals surface area (Å²) >= 11 is 0. The van der Waals surface area contributed by atoms with Crippen molar-refractivity contribution in [1.82, 2.24) is 4.90 Å². The van der Waals surface area contributed by atoms with Crippen LogP contribution in [0.4, 0.5) is 0 Å². The Bertz CT molecular complexity index is 906. The van der Waals surface area contributed by atoms with E-state index < -0.39 is 9.73 Å². The first-order chi connectivity index (χ1) is 12.0. The minimum absolute atomic E-state index is 0.649. The van der Waals surface area contributed by atoms with Gasteiger partial charge in [0, 0.05) is 37.2 Å². The maximum absolute atomic E-state index is 12.0. The Labute approximate surface area is 149 Å². The summed E-state index contributed by atoms with van der Waals surface area (Å²) in [6.45, 7) is 3.74. The van der Waals surface area contributed by atoms with Crippen molar-refractivity contribution in [2.45, 2.75) is 30.7 Å². The molecule has 0 aromatic heterocycles. The van der Waals surface area contributed by atoms with E-state index in [2.05, 4.69) is 29.2 Å². The third-order valence-electron chi connectivity index (χ3n) is 5.19. The number of hydrogen-bond acceptors (Lipinski definition) is 4. The Kier molecular flexibility index (Phi) is 4.29. The largest absolute Gasteiger partial charge is 0.493 e. The lowest BCUT2D eigenvalue weighted by Crippen LogP contribution is -2.25. The molecule has 2 aliphatic rings. The highest BCUT2D eigenvalue weighted by Gasteiger charge is 2.17. The molecule has 2 aromatic rings. The molecule has 1 N–H and O–H groups in total. The topological polar surface area (TPSA) is 53.4 Å². The number of rotatable bonds is 3. The minimum Gasteiger partial charge on any atom is -0.493 e. The molecule has 0 saturated heterocycles. The van der Waals surface area contributed by atoms with Gasteiger partial charge in [0.15, 0.2) is 0 Å². The second-order valence-corrected chi connectivity index (χ2v) is 9.25. The molecule has 0 saturated carbocycles. The molecule has 5 heteroatoms. The van der Waals surface area contributed by atoms with Gasteiger partial charge in [0.05, 0.1) is 16.3 Å². The smallest absolute Gasteiger partial charge is 0.122 e. The van der Waals surface area contributed by atoms with Crippen molar-refractivity contribution in [3.8, 4) is 5.75 Å². The molecule has 0 spiro atoms. The van der Waals surface area contributed by atoms with E-state index in [1.165, 1.54) is 28.5 Å². The van der Waals surface area contributed by atoms with Gasteiger partial charge in [-0.2, -0.15) is 0 Å². The monoisotopic (exact) mass is 356 g/mol. The van der Waals surface area contributed by atoms with Crippen LogP contribution in [0.2, 0.25) is 0 Å². The lowest BCUT2D eigenvalue weighted by molar-refractivity contribution is 0.278. The van der Waals surface area contributed by atoms with Crippen LogP contribution in [0.15, 0.2) is 41.3 Å². The Balaban J connectivity index is 1.48. The van der Waals surface area contributed by atoms with Crippen molar-refractivity contribution in [3.63, 3.8) is 0 Å². The Morgan fingerprint density at radius 2 is 1.80 bits per heavy atom. The molecule has 2 heterocycles. The number of ether oxygens (including phenoxy) is 1. The summed E-state index contributed by atoms with van der Waals surface area (Å²) in [6, 6.07) is 12.5. The Morgan fingerprint density at radius 3 is 2.60 bits per heavy atom. The molecule has 25 heavy (non-hydrogen) atoms. The summed E-state index contributed by atoms with van der Waals surface area (Å²) in [6.07, 6.45) is 4.46. The number of hydrogen-bond donors (Lipinski definition) is 1. The lowest BCUT2D eigenvalue weighted by atomic mass is 10.0. The van der Waals surface area contributed by atoms with Crippen molar-refractivity contribution in [1.29, 1.82) is 4.78 Å². The van der Waals surface area contributed by atoms with Gasteiger partial charge >= 0.3 is 0 Å². The van der Waals surface area contributed by atoms with Gasteiger partial charge in [-0.3, -0.25) is 4.90 Å². The predicted molar refractivity (Wildman–Crippen MR) is 99.8 cm³/mol. The maximum Gasteiger partial charge on any atom is 0.122 e.